The van der Waals surface area contributed by atoms with Crippen molar-refractivity contribution in [2.45, 2.75) is 0 Å². The van der Waals surface area contributed by atoms with Crippen LogP contribution in [-0.2, 0) is 9.59 Å². The molecule has 0 saturated heterocycles. The second kappa shape index (κ2) is 12.0. The Morgan fingerprint density at radius 2 is 1.32 bits per heavy atom. The Kier molecular flexibility index (Phi) is 7.43. The van der Waals surface area contributed by atoms with Gasteiger partial charge in [-0.2, -0.15) is 0 Å². The molecule has 0 saturated carbocycles. The highest BCUT2D eigenvalue weighted by atomic mass is 32.1. The monoisotopic (exact) mass is 701 g/mol. The lowest BCUT2D eigenvalue weighted by atomic mass is 9.91. The fourth-order valence-electron chi connectivity index (χ4n) is 6.08. The molecule has 13 heteroatoms. The summed E-state index contributed by atoms with van der Waals surface area (Å²) in [6.45, 7) is -1.31. The van der Waals surface area contributed by atoms with E-state index in [1.807, 2.05) is 48.5 Å². The van der Waals surface area contributed by atoms with Gasteiger partial charge in [0.15, 0.2) is 5.43 Å². The van der Waals surface area contributed by atoms with Crippen LogP contribution in [0.15, 0.2) is 100 Å². The summed E-state index contributed by atoms with van der Waals surface area (Å²) < 4.78 is 8.10. The fraction of sp³-hybridized carbons (Fsp3) is 0.0541. The smallest absolute Gasteiger partial charge is 0.323 e. The summed E-state index contributed by atoms with van der Waals surface area (Å²) in [5.74, 6) is -2.76. The number of carbonyl (C=O) groups is 2. The van der Waals surface area contributed by atoms with Crippen LogP contribution in [0, 0.1) is 0 Å². The number of phenolic OH excluding ortho intramolecular Hbond substituents is 2. The number of carboxylic acid groups (broad SMARTS) is 2. The van der Waals surface area contributed by atoms with Crippen LogP contribution in [0.2, 0.25) is 0 Å². The number of carboxylic acids is 2. The maximum atomic E-state index is 13.5. The van der Waals surface area contributed by atoms with E-state index in [0.717, 1.165) is 25.3 Å². The molecule has 8 rings (SSSR count). The lowest BCUT2D eigenvalue weighted by Gasteiger charge is -2.23. The number of nitrogens with zero attached hydrogens (tertiary/aromatic N) is 3. The third-order valence-corrected chi connectivity index (χ3v) is 10.4. The largest absolute Gasteiger partial charge is 0.507 e. The number of rotatable bonds is 8. The minimum absolute atomic E-state index is 0.0117. The number of para-hydroxylation sites is 2. The first-order valence-electron chi connectivity index (χ1n) is 15.1. The van der Waals surface area contributed by atoms with Crippen molar-refractivity contribution < 1.29 is 34.4 Å². The van der Waals surface area contributed by atoms with Crippen molar-refractivity contribution in [3.8, 4) is 55.1 Å². The Morgan fingerprint density at radius 3 is 1.92 bits per heavy atom. The summed E-state index contributed by atoms with van der Waals surface area (Å²) in [6, 6.07) is 25.9. The maximum Gasteiger partial charge on any atom is 0.323 e. The third-order valence-electron chi connectivity index (χ3n) is 8.24. The Morgan fingerprint density at radius 1 is 0.700 bits per heavy atom. The molecule has 0 radical (unpaired) electrons. The minimum atomic E-state index is -1.27. The van der Waals surface area contributed by atoms with E-state index in [4.69, 9.17) is 14.4 Å². The van der Waals surface area contributed by atoms with Gasteiger partial charge in [-0.05, 0) is 54.1 Å². The summed E-state index contributed by atoms with van der Waals surface area (Å²) in [4.78, 5) is 47.1. The molecule has 4 N–H and O–H groups in total. The third kappa shape index (κ3) is 5.44. The number of hydrogen-bond donors (Lipinski definition) is 4. The highest BCUT2D eigenvalue weighted by Crippen LogP contribution is 2.47. The summed E-state index contributed by atoms with van der Waals surface area (Å²) in [5.41, 5.74) is 3.75. The maximum absolute atomic E-state index is 13.5. The van der Waals surface area contributed by atoms with Crippen LogP contribution in [0.4, 0.5) is 5.69 Å². The Balaban J connectivity index is 1.40. The molecule has 0 spiro atoms. The highest BCUT2D eigenvalue weighted by Gasteiger charge is 2.25. The van der Waals surface area contributed by atoms with Crippen LogP contribution in [0.5, 0.6) is 11.5 Å². The molecule has 11 nitrogen and oxygen atoms in total. The molecule has 6 aromatic rings. The van der Waals surface area contributed by atoms with E-state index < -0.39 is 25.0 Å². The lowest BCUT2D eigenvalue weighted by molar-refractivity contribution is -0.136. The molecule has 0 fully saturated rings. The van der Waals surface area contributed by atoms with Crippen LogP contribution in [-0.4, -0.2) is 55.4 Å². The van der Waals surface area contributed by atoms with E-state index in [1.54, 1.807) is 18.2 Å². The summed E-state index contributed by atoms with van der Waals surface area (Å²) in [6.07, 6.45) is 0. The quantitative estimate of drug-likeness (QED) is 0.115. The molecule has 2 aromatic heterocycles. The molecule has 1 aliphatic heterocycles. The molecular formula is C37H23N3O8S2. The van der Waals surface area contributed by atoms with Gasteiger partial charge in [0.2, 0.25) is 0 Å². The number of fused-ring (bicyclic) bond motifs is 4. The SMILES string of the molecule is O=C(O)CN(CC(=O)O)c1ccc(-c2c3cc(-c4nc5ccccc5s4)c(=O)cc-3oc3cc(O)c(-c4nc5ccccc5s4)cc23)cc1O. The van der Waals surface area contributed by atoms with Crippen molar-refractivity contribution in [1.82, 2.24) is 9.97 Å². The van der Waals surface area contributed by atoms with Crippen molar-refractivity contribution in [3.05, 3.63) is 101 Å². The predicted molar refractivity (Wildman–Crippen MR) is 193 cm³/mol. The Labute approximate surface area is 289 Å². The average Bonchev–Trinajstić information content (AvgIpc) is 3.70. The molecule has 0 atom stereocenters. The number of hydrogen-bond acceptors (Lipinski definition) is 11. The van der Waals surface area contributed by atoms with E-state index in [0.29, 0.717) is 43.2 Å². The van der Waals surface area contributed by atoms with Crippen molar-refractivity contribution >= 4 is 71.7 Å². The first kappa shape index (κ1) is 31.0. The topological polar surface area (TPSA) is 174 Å². The lowest BCUT2D eigenvalue weighted by Crippen LogP contribution is -2.34. The number of aliphatic carboxylic acids is 2. The number of anilines is 1. The second-order valence-electron chi connectivity index (χ2n) is 11.5. The first-order chi connectivity index (χ1) is 24.1. The predicted octanol–water partition coefficient (Wildman–Crippen LogP) is 7.51. The van der Waals surface area contributed by atoms with Crippen LogP contribution in [0.25, 0.3) is 75.0 Å². The molecule has 0 bridgehead atoms. The Bertz CT molecular complexity index is 2610. The van der Waals surface area contributed by atoms with E-state index >= 15 is 0 Å². The van der Waals surface area contributed by atoms with E-state index in [2.05, 4.69) is 0 Å². The van der Waals surface area contributed by atoms with Crippen LogP contribution < -0.4 is 10.3 Å². The molecule has 1 aliphatic carbocycles. The minimum Gasteiger partial charge on any atom is -0.507 e. The summed E-state index contributed by atoms with van der Waals surface area (Å²) >= 11 is 2.78. The fourth-order valence-corrected chi connectivity index (χ4v) is 8.05. The molecule has 3 heterocycles. The first-order valence-corrected chi connectivity index (χ1v) is 16.8. The van der Waals surface area contributed by atoms with E-state index in [1.165, 1.54) is 46.9 Å². The van der Waals surface area contributed by atoms with Crippen molar-refractivity contribution in [2.24, 2.45) is 0 Å². The summed E-state index contributed by atoms with van der Waals surface area (Å²) in [7, 11) is 0. The molecule has 4 aromatic carbocycles. The second-order valence-corrected chi connectivity index (χ2v) is 13.6. The molecule has 246 valence electrons. The van der Waals surface area contributed by atoms with Gasteiger partial charge in [-0.3, -0.25) is 14.4 Å². The van der Waals surface area contributed by atoms with Gasteiger partial charge in [0.05, 0.1) is 37.2 Å². The summed E-state index contributed by atoms with van der Waals surface area (Å²) in [5, 5.41) is 42.9. The molecule has 2 aliphatic rings. The van der Waals surface area contributed by atoms with Gasteiger partial charge in [-0.1, -0.05) is 30.3 Å². The number of thiazole rings is 2. The van der Waals surface area contributed by atoms with Crippen molar-refractivity contribution in [1.29, 1.82) is 0 Å². The zero-order valence-electron chi connectivity index (χ0n) is 25.7. The van der Waals surface area contributed by atoms with Crippen molar-refractivity contribution in [3.63, 3.8) is 0 Å². The standard InChI is InChI=1S/C37H23N3O8S2/c41-26-14-29-21(12-19(26)36-38-23-5-1-3-7-31(23)49-36)35(18-9-10-25(28(43)11-18)40(16-33(44)45)17-34(46)47)22-13-20(27(42)15-30(22)48-29)37-39-24-6-2-4-8-32(24)50-37/h1-15,41,43H,16-17H2,(H,44,45)(H,46,47). The number of aromatic nitrogens is 2. The van der Waals surface area contributed by atoms with Gasteiger partial charge >= 0.3 is 11.9 Å². The normalized spacial score (nSPS) is 11.5. The van der Waals surface area contributed by atoms with Crippen LogP contribution >= 0.6 is 22.7 Å². The van der Waals surface area contributed by atoms with Gasteiger partial charge in [-0.25, -0.2) is 9.97 Å². The van der Waals surface area contributed by atoms with Gasteiger partial charge < -0.3 is 29.7 Å². The van der Waals surface area contributed by atoms with Crippen molar-refractivity contribution in [2.75, 3.05) is 18.0 Å². The van der Waals surface area contributed by atoms with Crippen LogP contribution in [0.1, 0.15) is 0 Å². The zero-order chi connectivity index (χ0) is 34.7. The Hall–Kier alpha value is -6.31. The molecule has 0 unspecified atom stereocenters. The number of aromatic hydroxyl groups is 2. The van der Waals surface area contributed by atoms with E-state index in [9.17, 15) is 34.8 Å². The van der Waals surface area contributed by atoms with Crippen LogP contribution in [0.3, 0.4) is 0 Å². The number of benzene rings is 5. The number of phenols is 2. The zero-order valence-corrected chi connectivity index (χ0v) is 27.3. The average molecular weight is 702 g/mol. The molecule has 0 amide bonds. The highest BCUT2D eigenvalue weighted by molar-refractivity contribution is 7.22. The van der Waals surface area contributed by atoms with Gasteiger partial charge in [0, 0.05) is 28.6 Å². The molecule has 50 heavy (non-hydrogen) atoms. The van der Waals surface area contributed by atoms with Gasteiger partial charge in [0.1, 0.15) is 45.9 Å². The van der Waals surface area contributed by atoms with E-state index in [-0.39, 0.29) is 34.0 Å². The van der Waals surface area contributed by atoms with Gasteiger partial charge in [-0.15, -0.1) is 22.7 Å². The molecular weight excluding hydrogens is 679 g/mol. The van der Waals surface area contributed by atoms with Gasteiger partial charge in [0.25, 0.3) is 0 Å².